The van der Waals surface area contributed by atoms with E-state index in [1.54, 1.807) is 0 Å². The van der Waals surface area contributed by atoms with Gasteiger partial charge in [0.2, 0.25) is 0 Å². The van der Waals surface area contributed by atoms with E-state index in [4.69, 9.17) is 17.3 Å². The third-order valence-electron chi connectivity index (χ3n) is 2.15. The number of nitrogens with zero attached hydrogens (tertiary/aromatic N) is 2. The van der Waals surface area contributed by atoms with Gasteiger partial charge in [0.05, 0.1) is 6.42 Å². The lowest BCUT2D eigenvalue weighted by molar-refractivity contribution is -0.136. The van der Waals surface area contributed by atoms with E-state index < -0.39 is 5.97 Å². The number of aliphatic carboxylic acids is 1. The van der Waals surface area contributed by atoms with Crippen LogP contribution in [-0.2, 0) is 17.8 Å². The predicted molar refractivity (Wildman–Crippen MR) is 64.5 cm³/mol. The topological polar surface area (TPSA) is 88.0 Å². The number of carbonyl (C=O) groups is 1. The summed E-state index contributed by atoms with van der Waals surface area (Å²) in [6.07, 6.45) is -0.00703. The van der Waals surface area contributed by atoms with Crippen LogP contribution in [0.2, 0.25) is 0 Å². The number of nitrogens with one attached hydrogen (secondary N) is 1. The van der Waals surface area contributed by atoms with Crippen molar-refractivity contribution < 1.29 is 9.90 Å². The van der Waals surface area contributed by atoms with Gasteiger partial charge in [-0.15, -0.1) is 0 Å². The average molecular weight is 257 g/mol. The van der Waals surface area contributed by atoms with E-state index >= 15 is 0 Å². The molecule has 1 rings (SSSR count). The van der Waals surface area contributed by atoms with Crippen molar-refractivity contribution in [1.82, 2.24) is 14.8 Å². The number of hydrogen-bond acceptors (Lipinski definition) is 4. The van der Waals surface area contributed by atoms with Crippen LogP contribution in [-0.4, -0.2) is 25.8 Å². The van der Waals surface area contributed by atoms with Crippen LogP contribution in [0.25, 0.3) is 0 Å². The fourth-order valence-electron chi connectivity index (χ4n) is 1.39. The summed E-state index contributed by atoms with van der Waals surface area (Å²) in [7, 11) is 0. The van der Waals surface area contributed by atoms with Crippen molar-refractivity contribution in [3.05, 3.63) is 20.8 Å². The van der Waals surface area contributed by atoms with Crippen LogP contribution in [0, 0.1) is 10.7 Å². The van der Waals surface area contributed by atoms with Gasteiger partial charge in [-0.2, -0.15) is 5.10 Å². The Morgan fingerprint density at radius 3 is 2.76 bits per heavy atom. The van der Waals surface area contributed by atoms with Crippen LogP contribution in [0.1, 0.15) is 26.0 Å². The zero-order valence-corrected chi connectivity index (χ0v) is 10.6. The smallest absolute Gasteiger partial charge is 0.303 e. The minimum absolute atomic E-state index is 0.109. The molecule has 0 bridgehead atoms. The molecule has 2 N–H and O–H groups in total. The second kappa shape index (κ2) is 5.72. The van der Waals surface area contributed by atoms with E-state index in [1.165, 1.54) is 4.57 Å². The molecule has 0 aliphatic rings. The molecule has 0 aliphatic carbocycles. The molecule has 1 aromatic heterocycles. The predicted octanol–water partition coefficient (Wildman–Crippen LogP) is 0.974. The monoisotopic (exact) mass is 257 g/mol. The van der Waals surface area contributed by atoms with Crippen LogP contribution in [0.3, 0.4) is 0 Å². The van der Waals surface area contributed by atoms with Gasteiger partial charge in [-0.3, -0.25) is 19.3 Å². The minimum atomic E-state index is -0.955. The summed E-state index contributed by atoms with van der Waals surface area (Å²) in [5.41, 5.74) is -0.0923. The van der Waals surface area contributed by atoms with Crippen LogP contribution in [0.15, 0.2) is 4.79 Å². The van der Waals surface area contributed by atoms with Gasteiger partial charge in [0.25, 0.3) is 5.56 Å². The van der Waals surface area contributed by atoms with Crippen molar-refractivity contribution in [1.29, 1.82) is 0 Å². The van der Waals surface area contributed by atoms with Crippen LogP contribution < -0.4 is 5.56 Å². The van der Waals surface area contributed by atoms with Crippen molar-refractivity contribution in [2.45, 2.75) is 33.2 Å². The second-order valence-corrected chi connectivity index (χ2v) is 4.57. The molecule has 0 saturated carbocycles. The lowest BCUT2D eigenvalue weighted by atomic mass is 10.2. The molecule has 0 fully saturated rings. The number of carboxylic acid groups (broad SMARTS) is 1. The highest BCUT2D eigenvalue weighted by molar-refractivity contribution is 7.71. The lowest BCUT2D eigenvalue weighted by Gasteiger charge is -2.09. The molecule has 0 aromatic carbocycles. The molecule has 0 aliphatic heterocycles. The summed E-state index contributed by atoms with van der Waals surface area (Å²) >= 11 is 4.98. The highest BCUT2D eigenvalue weighted by Crippen LogP contribution is 1.98. The third-order valence-corrected chi connectivity index (χ3v) is 2.46. The zero-order valence-electron chi connectivity index (χ0n) is 9.77. The van der Waals surface area contributed by atoms with Gasteiger partial charge in [0.1, 0.15) is 5.69 Å². The zero-order chi connectivity index (χ0) is 13.0. The maximum atomic E-state index is 12.0. The molecule has 1 heterocycles. The SMILES string of the molecule is CC(C)Cn1c(=S)[nH]nc(CCC(=O)O)c1=O. The van der Waals surface area contributed by atoms with Gasteiger partial charge < -0.3 is 5.11 Å². The van der Waals surface area contributed by atoms with Crippen molar-refractivity contribution in [3.8, 4) is 0 Å². The normalized spacial score (nSPS) is 10.8. The highest BCUT2D eigenvalue weighted by atomic mass is 32.1. The summed E-state index contributed by atoms with van der Waals surface area (Å²) < 4.78 is 1.69. The Labute approximate surface area is 103 Å². The number of aryl methyl sites for hydroxylation is 1. The Morgan fingerprint density at radius 2 is 2.24 bits per heavy atom. The molecule has 7 heteroatoms. The molecule has 0 atom stereocenters. The first kappa shape index (κ1) is 13.6. The van der Waals surface area contributed by atoms with Gasteiger partial charge in [-0.25, -0.2) is 0 Å². The molecule has 94 valence electrons. The van der Waals surface area contributed by atoms with E-state index in [2.05, 4.69) is 10.2 Å². The molecule has 0 saturated heterocycles. The van der Waals surface area contributed by atoms with Crippen molar-refractivity contribution in [3.63, 3.8) is 0 Å². The molecule has 0 radical (unpaired) electrons. The Bertz CT molecular complexity index is 518. The molecular formula is C10H15N3O3S. The van der Waals surface area contributed by atoms with Crippen LogP contribution in [0.5, 0.6) is 0 Å². The maximum absolute atomic E-state index is 12.0. The quantitative estimate of drug-likeness (QED) is 0.767. The highest BCUT2D eigenvalue weighted by Gasteiger charge is 2.10. The third kappa shape index (κ3) is 3.77. The molecule has 0 unspecified atom stereocenters. The maximum Gasteiger partial charge on any atom is 0.303 e. The minimum Gasteiger partial charge on any atom is -0.481 e. The lowest BCUT2D eigenvalue weighted by Crippen LogP contribution is -2.29. The number of H-pyrrole nitrogens is 1. The Morgan fingerprint density at radius 1 is 1.59 bits per heavy atom. The summed E-state index contributed by atoms with van der Waals surface area (Å²) in [5, 5.41) is 14.9. The largest absolute Gasteiger partial charge is 0.481 e. The molecule has 0 spiro atoms. The van der Waals surface area contributed by atoms with Gasteiger partial charge in [-0.05, 0) is 18.1 Å². The first-order chi connectivity index (χ1) is 7.91. The van der Waals surface area contributed by atoms with E-state index in [0.29, 0.717) is 6.54 Å². The van der Waals surface area contributed by atoms with Gasteiger partial charge in [0, 0.05) is 13.0 Å². The standard InChI is InChI=1S/C10H15N3O3S/c1-6(2)5-13-9(16)7(3-4-8(14)15)11-12-10(13)17/h6H,3-5H2,1-2H3,(H,12,17)(H,14,15). The molecule has 6 nitrogen and oxygen atoms in total. The Kier molecular flexibility index (Phi) is 4.56. The fourth-order valence-corrected chi connectivity index (χ4v) is 1.59. The van der Waals surface area contributed by atoms with E-state index in [9.17, 15) is 9.59 Å². The number of rotatable bonds is 5. The molecule has 17 heavy (non-hydrogen) atoms. The number of carboxylic acids is 1. The Balaban J connectivity index is 3.06. The Hall–Kier alpha value is -1.50. The number of aromatic nitrogens is 3. The van der Waals surface area contributed by atoms with Gasteiger partial charge in [0.15, 0.2) is 4.77 Å². The van der Waals surface area contributed by atoms with E-state index in [-0.39, 0.29) is 34.8 Å². The van der Waals surface area contributed by atoms with Gasteiger partial charge >= 0.3 is 5.97 Å². The van der Waals surface area contributed by atoms with Crippen molar-refractivity contribution >= 4 is 18.2 Å². The summed E-state index contributed by atoms with van der Waals surface area (Å²) in [4.78, 5) is 22.4. The first-order valence-electron chi connectivity index (χ1n) is 5.32. The summed E-state index contributed by atoms with van der Waals surface area (Å²) in [5.74, 6) is -0.679. The summed E-state index contributed by atoms with van der Waals surface area (Å²) in [6, 6.07) is 0. The van der Waals surface area contributed by atoms with Gasteiger partial charge in [-0.1, -0.05) is 13.8 Å². The second-order valence-electron chi connectivity index (χ2n) is 4.18. The molecule has 1 aromatic rings. The average Bonchev–Trinajstić information content (AvgIpc) is 2.22. The number of hydrogen-bond donors (Lipinski definition) is 2. The van der Waals surface area contributed by atoms with E-state index in [1.807, 2.05) is 13.8 Å². The fraction of sp³-hybridized carbons (Fsp3) is 0.600. The van der Waals surface area contributed by atoms with E-state index in [0.717, 1.165) is 0 Å². The molecule has 0 amide bonds. The number of aromatic amines is 1. The van der Waals surface area contributed by atoms with Crippen LogP contribution in [0.4, 0.5) is 0 Å². The first-order valence-corrected chi connectivity index (χ1v) is 5.72. The van der Waals surface area contributed by atoms with Crippen molar-refractivity contribution in [2.24, 2.45) is 5.92 Å². The molecular weight excluding hydrogens is 242 g/mol. The van der Waals surface area contributed by atoms with Crippen LogP contribution >= 0.6 is 12.2 Å². The summed E-state index contributed by atoms with van der Waals surface area (Å²) in [6.45, 7) is 4.44. The van der Waals surface area contributed by atoms with Crippen molar-refractivity contribution in [2.75, 3.05) is 0 Å².